The summed E-state index contributed by atoms with van der Waals surface area (Å²) in [7, 11) is 0. The van der Waals surface area contributed by atoms with Crippen molar-refractivity contribution in [1.29, 1.82) is 0 Å². The molecule has 0 spiro atoms. The molecule has 1 amide bonds. The highest BCUT2D eigenvalue weighted by atomic mass is 35.5. The number of furan rings is 1. The van der Waals surface area contributed by atoms with Gasteiger partial charge in [-0.2, -0.15) is 5.10 Å². The molecular formula is C25H19ClN4O2. The zero-order valence-electron chi connectivity index (χ0n) is 17.2. The number of nitrogens with one attached hydrogen (secondary N) is 1. The summed E-state index contributed by atoms with van der Waals surface area (Å²) in [6.07, 6.45) is 4.34. The molecule has 3 heterocycles. The molecule has 7 heteroatoms. The Morgan fingerprint density at radius 2 is 1.97 bits per heavy atom. The number of benzene rings is 2. The number of aryl methyl sites for hydroxylation is 1. The fourth-order valence-corrected chi connectivity index (χ4v) is 3.81. The van der Waals surface area contributed by atoms with Crippen LogP contribution in [0.5, 0.6) is 0 Å². The van der Waals surface area contributed by atoms with Gasteiger partial charge in [-0.15, -0.1) is 0 Å². The smallest absolute Gasteiger partial charge is 0.292 e. The number of fused-ring (bicyclic) bond motifs is 1. The van der Waals surface area contributed by atoms with Gasteiger partial charge in [0.25, 0.3) is 5.91 Å². The van der Waals surface area contributed by atoms with Crippen LogP contribution < -0.4 is 5.32 Å². The van der Waals surface area contributed by atoms with Gasteiger partial charge in [0, 0.05) is 17.0 Å². The molecule has 1 aliphatic heterocycles. The second kappa shape index (κ2) is 8.32. The van der Waals surface area contributed by atoms with E-state index in [-0.39, 0.29) is 5.91 Å². The van der Waals surface area contributed by atoms with Crippen LogP contribution in [0.4, 0.5) is 0 Å². The van der Waals surface area contributed by atoms with Gasteiger partial charge in [0.1, 0.15) is 16.6 Å². The normalized spacial score (nSPS) is 17.6. The Morgan fingerprint density at radius 3 is 2.75 bits per heavy atom. The molecule has 0 bridgehead atoms. The molecule has 4 aromatic rings. The minimum Gasteiger partial charge on any atom is -0.465 e. The lowest BCUT2D eigenvalue weighted by Gasteiger charge is -2.19. The van der Waals surface area contributed by atoms with Crippen LogP contribution in [0, 0.1) is 6.92 Å². The highest BCUT2D eigenvalue weighted by Gasteiger charge is 2.36. The molecule has 1 unspecified atom stereocenters. The predicted octanol–water partition coefficient (Wildman–Crippen LogP) is 5.30. The fourth-order valence-electron chi connectivity index (χ4n) is 3.61. The summed E-state index contributed by atoms with van der Waals surface area (Å²) < 4.78 is 5.36. The van der Waals surface area contributed by atoms with E-state index < -0.39 is 6.17 Å². The van der Waals surface area contributed by atoms with Gasteiger partial charge >= 0.3 is 0 Å². The van der Waals surface area contributed by atoms with E-state index in [1.807, 2.05) is 61.5 Å². The Kier molecular flexibility index (Phi) is 5.21. The van der Waals surface area contributed by atoms with Gasteiger partial charge in [-0.25, -0.2) is 9.99 Å². The summed E-state index contributed by atoms with van der Waals surface area (Å²) in [5.74, 6) is 0.308. The van der Waals surface area contributed by atoms with Gasteiger partial charge in [-0.3, -0.25) is 4.79 Å². The largest absolute Gasteiger partial charge is 0.465 e. The second-order valence-electron chi connectivity index (χ2n) is 7.49. The van der Waals surface area contributed by atoms with Crippen molar-refractivity contribution in [3.05, 3.63) is 106 Å². The van der Waals surface area contributed by atoms with Gasteiger partial charge in [0.15, 0.2) is 6.17 Å². The number of rotatable bonds is 4. The van der Waals surface area contributed by atoms with E-state index in [2.05, 4.69) is 15.4 Å². The lowest BCUT2D eigenvalue weighted by atomic mass is 10.1. The van der Waals surface area contributed by atoms with Crippen LogP contribution in [0.1, 0.15) is 28.6 Å². The van der Waals surface area contributed by atoms with E-state index >= 15 is 0 Å². The first-order valence-electron chi connectivity index (χ1n) is 10.1. The SMILES string of the molecule is Cc1ccc2nc(Cl)c(C=NN3C(=O)C(=Cc4ccco4)NC3c3ccccc3)cc2c1. The number of hydrazone groups is 1. The van der Waals surface area contributed by atoms with E-state index in [1.54, 1.807) is 30.7 Å². The maximum absolute atomic E-state index is 13.2. The van der Waals surface area contributed by atoms with Gasteiger partial charge in [-0.05, 0) is 42.8 Å². The Bertz CT molecular complexity index is 1350. The van der Waals surface area contributed by atoms with E-state index in [9.17, 15) is 4.79 Å². The van der Waals surface area contributed by atoms with E-state index in [4.69, 9.17) is 16.0 Å². The first-order chi connectivity index (χ1) is 15.6. The summed E-state index contributed by atoms with van der Waals surface area (Å²) in [5.41, 5.74) is 3.86. The highest BCUT2D eigenvalue weighted by molar-refractivity contribution is 6.32. The Labute approximate surface area is 189 Å². The van der Waals surface area contributed by atoms with Crippen molar-refractivity contribution in [3.8, 4) is 0 Å². The lowest BCUT2D eigenvalue weighted by Crippen LogP contribution is -2.25. The van der Waals surface area contributed by atoms with Crippen LogP contribution in [0.15, 0.2) is 88.2 Å². The third-order valence-electron chi connectivity index (χ3n) is 5.19. The lowest BCUT2D eigenvalue weighted by molar-refractivity contribution is -0.126. The monoisotopic (exact) mass is 442 g/mol. The third kappa shape index (κ3) is 3.88. The summed E-state index contributed by atoms with van der Waals surface area (Å²) in [4.78, 5) is 17.6. The maximum atomic E-state index is 13.2. The fraction of sp³-hybridized carbons (Fsp3) is 0.0800. The molecule has 2 aromatic heterocycles. The number of carbonyl (C=O) groups is 1. The minimum atomic E-state index is -0.462. The van der Waals surface area contributed by atoms with Crippen molar-refractivity contribution in [1.82, 2.24) is 15.3 Å². The van der Waals surface area contributed by atoms with E-state index in [0.29, 0.717) is 22.2 Å². The van der Waals surface area contributed by atoms with Gasteiger partial charge in [-0.1, -0.05) is 53.6 Å². The maximum Gasteiger partial charge on any atom is 0.292 e. The molecule has 1 aliphatic rings. The van der Waals surface area contributed by atoms with E-state index in [0.717, 1.165) is 22.0 Å². The number of halogens is 1. The third-order valence-corrected chi connectivity index (χ3v) is 5.50. The second-order valence-corrected chi connectivity index (χ2v) is 7.85. The molecule has 0 radical (unpaired) electrons. The summed E-state index contributed by atoms with van der Waals surface area (Å²) in [6, 6.07) is 21.1. The number of hydrogen-bond donors (Lipinski definition) is 1. The quantitative estimate of drug-likeness (QED) is 0.264. The summed E-state index contributed by atoms with van der Waals surface area (Å²) in [6.45, 7) is 2.02. The van der Waals surface area contributed by atoms with Gasteiger partial charge < -0.3 is 9.73 Å². The molecule has 158 valence electrons. The molecule has 1 atom stereocenters. The van der Waals surface area contributed by atoms with Crippen molar-refractivity contribution < 1.29 is 9.21 Å². The van der Waals surface area contributed by atoms with Crippen LogP contribution in [0.2, 0.25) is 5.15 Å². The number of carbonyl (C=O) groups excluding carboxylic acids is 1. The topological polar surface area (TPSA) is 70.7 Å². The molecule has 32 heavy (non-hydrogen) atoms. The molecule has 1 N–H and O–H groups in total. The van der Waals surface area contributed by atoms with Crippen LogP contribution in [-0.2, 0) is 4.79 Å². The zero-order chi connectivity index (χ0) is 22.1. The molecule has 6 nitrogen and oxygen atoms in total. The van der Waals surface area contributed by atoms with Crippen molar-refractivity contribution in [2.24, 2.45) is 5.10 Å². The number of aromatic nitrogens is 1. The van der Waals surface area contributed by atoms with Crippen molar-refractivity contribution in [2.45, 2.75) is 13.1 Å². The Balaban J connectivity index is 1.52. The standard InChI is InChI=1S/C25H19ClN4O2/c1-16-9-10-21-18(12-16)13-19(23(26)28-21)15-27-30-24(17-6-3-2-4-7-17)29-22(25(30)31)14-20-8-5-11-32-20/h2-15,24,29H,1H3. The molecular weight excluding hydrogens is 424 g/mol. The van der Waals surface area contributed by atoms with Crippen LogP contribution in [0.25, 0.3) is 17.0 Å². The van der Waals surface area contributed by atoms with Crippen LogP contribution in [0.3, 0.4) is 0 Å². The zero-order valence-corrected chi connectivity index (χ0v) is 18.0. The Morgan fingerprint density at radius 1 is 1.12 bits per heavy atom. The number of nitrogens with zero attached hydrogens (tertiary/aromatic N) is 3. The summed E-state index contributed by atoms with van der Waals surface area (Å²) >= 11 is 6.40. The minimum absolute atomic E-state index is 0.271. The van der Waals surface area contributed by atoms with E-state index in [1.165, 1.54) is 5.01 Å². The molecule has 5 rings (SSSR count). The average molecular weight is 443 g/mol. The molecule has 1 fully saturated rings. The highest BCUT2D eigenvalue weighted by Crippen LogP contribution is 2.29. The van der Waals surface area contributed by atoms with Crippen molar-refractivity contribution in [3.63, 3.8) is 0 Å². The number of hydrogen-bond acceptors (Lipinski definition) is 5. The van der Waals surface area contributed by atoms with Crippen molar-refractivity contribution >= 4 is 40.7 Å². The first-order valence-corrected chi connectivity index (χ1v) is 10.5. The number of amides is 1. The molecule has 1 saturated heterocycles. The molecule has 0 saturated carbocycles. The van der Waals surface area contributed by atoms with Gasteiger partial charge in [0.05, 0.1) is 18.0 Å². The number of pyridine rings is 1. The Hall–Kier alpha value is -3.90. The molecule has 0 aliphatic carbocycles. The first kappa shape index (κ1) is 20.0. The van der Waals surface area contributed by atoms with Crippen molar-refractivity contribution in [2.75, 3.05) is 0 Å². The van der Waals surface area contributed by atoms with Crippen LogP contribution >= 0.6 is 11.6 Å². The molecule has 2 aromatic carbocycles. The summed E-state index contributed by atoms with van der Waals surface area (Å²) in [5, 5.41) is 10.4. The average Bonchev–Trinajstić information content (AvgIpc) is 3.42. The van der Waals surface area contributed by atoms with Crippen LogP contribution in [-0.4, -0.2) is 22.1 Å². The van der Waals surface area contributed by atoms with Gasteiger partial charge in [0.2, 0.25) is 0 Å². The predicted molar refractivity (Wildman–Crippen MR) is 125 cm³/mol.